The van der Waals surface area contributed by atoms with E-state index in [0.717, 1.165) is 12.8 Å². The molecule has 0 amide bonds. The molecule has 4 nitrogen and oxygen atoms in total. The van der Waals surface area contributed by atoms with Gasteiger partial charge in [0.05, 0.1) is 12.1 Å². The molecule has 0 atom stereocenters. The van der Waals surface area contributed by atoms with Crippen LogP contribution in [0.25, 0.3) is 0 Å². The third-order valence-corrected chi connectivity index (χ3v) is 6.28. The first-order valence-electron chi connectivity index (χ1n) is 4.21. The number of fused-ring (bicyclic) bond motifs is 1. The molecular weight excluding hydrogens is 258 g/mol. The summed E-state index contributed by atoms with van der Waals surface area (Å²) in [5.41, 5.74) is -0.447. The number of halogens is 1. The first kappa shape index (κ1) is 9.89. The second-order valence-corrected chi connectivity index (χ2v) is 7.11. The van der Waals surface area contributed by atoms with Crippen molar-refractivity contribution in [2.45, 2.75) is 18.4 Å². The molecular formula is C7H12BrNO3S. The Kier molecular flexibility index (Phi) is 2.22. The summed E-state index contributed by atoms with van der Waals surface area (Å²) in [6.45, 7) is 0.546. The standard InChI is InChI=1S/C7H12BrNO3S/c8-5-13(11,12)9-3-6-1-7(9,2-6)4-10/h6,10H,1-5H2. The monoisotopic (exact) mass is 269 g/mol. The largest absolute Gasteiger partial charge is 0.394 e. The van der Waals surface area contributed by atoms with Crippen LogP contribution in [0.4, 0.5) is 0 Å². The second-order valence-electron chi connectivity index (χ2n) is 3.91. The van der Waals surface area contributed by atoms with Crippen LogP contribution in [-0.4, -0.2) is 41.2 Å². The molecule has 1 N–H and O–H groups in total. The topological polar surface area (TPSA) is 57.6 Å². The van der Waals surface area contributed by atoms with E-state index >= 15 is 0 Å². The number of aliphatic hydroxyl groups excluding tert-OH is 1. The second kappa shape index (κ2) is 2.92. The van der Waals surface area contributed by atoms with Crippen LogP contribution in [0.15, 0.2) is 0 Å². The van der Waals surface area contributed by atoms with Gasteiger partial charge in [0.2, 0.25) is 10.0 Å². The normalized spacial score (nSPS) is 39.1. The van der Waals surface area contributed by atoms with Crippen molar-refractivity contribution < 1.29 is 13.5 Å². The van der Waals surface area contributed by atoms with Gasteiger partial charge in [-0.15, -0.1) is 0 Å². The van der Waals surface area contributed by atoms with E-state index in [9.17, 15) is 13.5 Å². The highest BCUT2D eigenvalue weighted by atomic mass is 79.9. The van der Waals surface area contributed by atoms with Gasteiger partial charge >= 0.3 is 0 Å². The minimum atomic E-state index is -3.19. The summed E-state index contributed by atoms with van der Waals surface area (Å²) in [5, 5.41) is 9.17. The maximum Gasteiger partial charge on any atom is 0.224 e. The average molecular weight is 270 g/mol. The molecule has 1 saturated carbocycles. The first-order chi connectivity index (χ1) is 6.04. The van der Waals surface area contributed by atoms with Crippen LogP contribution < -0.4 is 0 Å². The highest BCUT2D eigenvalue weighted by Gasteiger charge is 2.59. The van der Waals surface area contributed by atoms with Gasteiger partial charge in [-0.25, -0.2) is 8.42 Å². The number of hydrogen-bond donors (Lipinski definition) is 1. The van der Waals surface area contributed by atoms with E-state index in [4.69, 9.17) is 0 Å². The van der Waals surface area contributed by atoms with Gasteiger partial charge in [0.15, 0.2) is 0 Å². The Hall–Kier alpha value is 0.350. The van der Waals surface area contributed by atoms with Crippen molar-refractivity contribution in [3.05, 3.63) is 0 Å². The number of sulfonamides is 1. The molecule has 2 bridgehead atoms. The van der Waals surface area contributed by atoms with Crippen molar-refractivity contribution in [2.75, 3.05) is 17.8 Å². The molecule has 2 saturated heterocycles. The van der Waals surface area contributed by atoms with Crippen LogP contribution in [-0.2, 0) is 10.0 Å². The summed E-state index contributed by atoms with van der Waals surface area (Å²) in [5.74, 6) is 0.473. The predicted octanol–water partition coefficient (Wildman–Crippen LogP) is 0.125. The number of aliphatic hydroxyl groups is 1. The number of hydrogen-bond acceptors (Lipinski definition) is 3. The Morgan fingerprint density at radius 3 is 2.62 bits per heavy atom. The lowest BCUT2D eigenvalue weighted by atomic mass is 9.74. The lowest BCUT2D eigenvalue weighted by Crippen LogP contribution is -2.51. The molecule has 0 aromatic heterocycles. The van der Waals surface area contributed by atoms with Crippen LogP contribution in [0.1, 0.15) is 12.8 Å². The predicted molar refractivity (Wildman–Crippen MR) is 52.0 cm³/mol. The van der Waals surface area contributed by atoms with Crippen LogP contribution in [0.2, 0.25) is 0 Å². The van der Waals surface area contributed by atoms with Crippen LogP contribution in [0.3, 0.4) is 0 Å². The van der Waals surface area contributed by atoms with Crippen LogP contribution in [0, 0.1) is 5.92 Å². The summed E-state index contributed by atoms with van der Waals surface area (Å²) >= 11 is 2.97. The van der Waals surface area contributed by atoms with E-state index in [-0.39, 0.29) is 11.3 Å². The molecule has 1 aliphatic carbocycles. The SMILES string of the molecule is O=S(=O)(CBr)N1CC2CC1(CO)C2. The highest BCUT2D eigenvalue weighted by Crippen LogP contribution is 2.51. The summed E-state index contributed by atoms with van der Waals surface area (Å²) in [6, 6.07) is 0. The lowest BCUT2D eigenvalue weighted by molar-refractivity contribution is 0.0776. The van der Waals surface area contributed by atoms with E-state index in [1.807, 2.05) is 0 Å². The first-order valence-corrected chi connectivity index (χ1v) is 6.94. The van der Waals surface area contributed by atoms with Crippen molar-refractivity contribution in [1.29, 1.82) is 0 Å². The van der Waals surface area contributed by atoms with Gasteiger partial charge in [-0.3, -0.25) is 0 Å². The highest BCUT2D eigenvalue weighted by molar-refractivity contribution is 9.10. The molecule has 2 heterocycles. The fourth-order valence-corrected chi connectivity index (χ4v) is 4.55. The van der Waals surface area contributed by atoms with Gasteiger partial charge < -0.3 is 5.11 Å². The Morgan fingerprint density at radius 1 is 1.54 bits per heavy atom. The fraction of sp³-hybridized carbons (Fsp3) is 1.00. The Labute approximate surface area is 86.1 Å². The third-order valence-electron chi connectivity index (χ3n) is 3.06. The van der Waals surface area contributed by atoms with Crippen LogP contribution in [0.5, 0.6) is 0 Å². The van der Waals surface area contributed by atoms with E-state index in [1.165, 1.54) is 4.31 Å². The molecule has 76 valence electrons. The Balaban J connectivity index is 2.27. The Morgan fingerprint density at radius 2 is 2.15 bits per heavy atom. The molecule has 0 spiro atoms. The molecule has 0 aromatic rings. The summed E-state index contributed by atoms with van der Waals surface area (Å²) in [4.78, 5) is 0. The molecule has 0 aromatic carbocycles. The molecule has 3 aliphatic rings. The minimum absolute atomic E-state index is 0.0459. The molecule has 13 heavy (non-hydrogen) atoms. The third kappa shape index (κ3) is 1.26. The van der Waals surface area contributed by atoms with Crippen molar-refractivity contribution in [3.63, 3.8) is 0 Å². The smallest absolute Gasteiger partial charge is 0.224 e. The van der Waals surface area contributed by atoms with E-state index in [1.54, 1.807) is 0 Å². The molecule has 3 rings (SSSR count). The lowest BCUT2D eigenvalue weighted by Gasteiger charge is -2.39. The van der Waals surface area contributed by atoms with Gasteiger partial charge in [0.25, 0.3) is 0 Å². The fourth-order valence-electron chi connectivity index (χ4n) is 2.45. The molecule has 0 radical (unpaired) electrons. The zero-order valence-corrected chi connectivity index (χ0v) is 9.51. The molecule has 3 fully saturated rings. The van der Waals surface area contributed by atoms with Gasteiger partial charge in [-0.05, 0) is 18.8 Å². The van der Waals surface area contributed by atoms with E-state index in [0.29, 0.717) is 12.5 Å². The van der Waals surface area contributed by atoms with Crippen molar-refractivity contribution >= 4 is 26.0 Å². The molecule has 2 aliphatic heterocycles. The maximum absolute atomic E-state index is 11.6. The summed E-state index contributed by atoms with van der Waals surface area (Å²) < 4.78 is 24.6. The van der Waals surface area contributed by atoms with Crippen molar-refractivity contribution in [1.82, 2.24) is 4.31 Å². The summed E-state index contributed by atoms with van der Waals surface area (Å²) in [7, 11) is -3.19. The van der Waals surface area contributed by atoms with Gasteiger partial charge in [0, 0.05) is 6.54 Å². The zero-order valence-electron chi connectivity index (χ0n) is 7.11. The maximum atomic E-state index is 11.6. The summed E-state index contributed by atoms with van der Waals surface area (Å²) in [6.07, 6.45) is 1.66. The van der Waals surface area contributed by atoms with Crippen molar-refractivity contribution in [2.24, 2.45) is 5.92 Å². The minimum Gasteiger partial charge on any atom is -0.394 e. The zero-order chi connectivity index (χ0) is 9.69. The molecule has 6 heteroatoms. The molecule has 0 unspecified atom stereocenters. The number of nitrogens with zero attached hydrogens (tertiary/aromatic N) is 1. The number of rotatable bonds is 3. The number of alkyl halides is 1. The average Bonchev–Trinajstić information content (AvgIpc) is 2.57. The Bertz CT molecular complexity index is 310. The van der Waals surface area contributed by atoms with E-state index in [2.05, 4.69) is 15.9 Å². The van der Waals surface area contributed by atoms with Gasteiger partial charge in [0.1, 0.15) is 4.66 Å². The van der Waals surface area contributed by atoms with Gasteiger partial charge in [-0.2, -0.15) is 4.31 Å². The quantitative estimate of drug-likeness (QED) is 0.741. The van der Waals surface area contributed by atoms with Crippen molar-refractivity contribution in [3.8, 4) is 0 Å². The van der Waals surface area contributed by atoms with E-state index < -0.39 is 15.6 Å². The van der Waals surface area contributed by atoms with Gasteiger partial charge in [-0.1, -0.05) is 15.9 Å². The van der Waals surface area contributed by atoms with Crippen LogP contribution >= 0.6 is 15.9 Å².